The van der Waals surface area contributed by atoms with Crippen LogP contribution in [0.5, 0.6) is 0 Å². The molecule has 0 saturated carbocycles. The zero-order chi connectivity index (χ0) is 29.1. The van der Waals surface area contributed by atoms with Crippen LogP contribution in [-0.2, 0) is 16.6 Å². The summed E-state index contributed by atoms with van der Waals surface area (Å²) in [5, 5.41) is 4.48. The molecular formula is C32H35N7O2S. The summed E-state index contributed by atoms with van der Waals surface area (Å²) in [6.07, 6.45) is 3.72. The summed E-state index contributed by atoms with van der Waals surface area (Å²) in [5.74, 6) is 0.651. The molecule has 42 heavy (non-hydrogen) atoms. The molecule has 3 aromatic carbocycles. The lowest BCUT2D eigenvalue weighted by molar-refractivity contribution is 0.150. The number of sulfonamides is 1. The highest BCUT2D eigenvalue weighted by molar-refractivity contribution is 7.92. The molecule has 2 N–H and O–H groups in total. The van der Waals surface area contributed by atoms with E-state index >= 15 is 0 Å². The van der Waals surface area contributed by atoms with Crippen molar-refractivity contribution in [1.29, 1.82) is 0 Å². The Kier molecular flexibility index (Phi) is 7.92. The summed E-state index contributed by atoms with van der Waals surface area (Å²) >= 11 is 0. The van der Waals surface area contributed by atoms with Crippen molar-refractivity contribution in [2.24, 2.45) is 0 Å². The van der Waals surface area contributed by atoms with Gasteiger partial charge in [-0.25, -0.2) is 18.4 Å². The average molecular weight is 582 g/mol. The molecule has 0 radical (unpaired) electrons. The van der Waals surface area contributed by atoms with Crippen molar-refractivity contribution in [2.45, 2.75) is 18.4 Å². The van der Waals surface area contributed by atoms with Gasteiger partial charge in [0.25, 0.3) is 10.0 Å². The third kappa shape index (κ3) is 6.46. The van der Waals surface area contributed by atoms with Gasteiger partial charge in [0.05, 0.1) is 10.6 Å². The number of hydrogen-bond acceptors (Lipinski definition) is 7. The number of aromatic nitrogens is 3. The molecule has 1 saturated heterocycles. The second-order valence-electron chi connectivity index (χ2n) is 10.8. The Morgan fingerprint density at radius 3 is 2.31 bits per heavy atom. The van der Waals surface area contributed by atoms with Gasteiger partial charge in [0.1, 0.15) is 12.1 Å². The lowest BCUT2D eigenvalue weighted by Crippen LogP contribution is -2.45. The minimum Gasteiger partial charge on any atom is -0.346 e. The van der Waals surface area contributed by atoms with Gasteiger partial charge in [-0.2, -0.15) is 0 Å². The van der Waals surface area contributed by atoms with Crippen LogP contribution in [0.25, 0.3) is 22.2 Å². The van der Waals surface area contributed by atoms with E-state index in [0.29, 0.717) is 11.5 Å². The number of likely N-dealkylation sites (N-methyl/N-ethyl adjacent to an activating group) is 1. The van der Waals surface area contributed by atoms with Crippen LogP contribution in [0.2, 0.25) is 0 Å². The third-order valence-corrected chi connectivity index (χ3v) is 9.12. The number of piperazine rings is 1. The lowest BCUT2D eigenvalue weighted by Gasteiger charge is -2.32. The molecule has 3 heterocycles. The standard InChI is InChI=1S/C32H35N7O2S/c1-24-3-10-29(11-4-24)42(40,41)36-28-8-6-27(7-9-28)35-32-22-30(33-23-34-32)25-5-12-31-26(21-25)13-14-39(31)20-19-38-17-15-37(2)16-18-38/h3-14,21-23,36H,15-20H2,1-2H3,(H,33,34,35). The van der Waals surface area contributed by atoms with E-state index in [0.717, 1.165) is 61.8 Å². The fourth-order valence-electron chi connectivity index (χ4n) is 5.16. The molecule has 0 aliphatic carbocycles. The molecule has 1 aliphatic heterocycles. The molecule has 1 aliphatic rings. The lowest BCUT2D eigenvalue weighted by atomic mass is 10.1. The largest absolute Gasteiger partial charge is 0.346 e. The second kappa shape index (κ2) is 11.9. The molecule has 0 atom stereocenters. The number of rotatable bonds is 9. The minimum absolute atomic E-state index is 0.226. The van der Waals surface area contributed by atoms with Crippen molar-refractivity contribution in [1.82, 2.24) is 24.3 Å². The zero-order valence-electron chi connectivity index (χ0n) is 23.9. The van der Waals surface area contributed by atoms with Gasteiger partial charge in [-0.3, -0.25) is 9.62 Å². The maximum atomic E-state index is 12.7. The molecule has 1 fully saturated rings. The molecule has 0 unspecified atom stereocenters. The first-order chi connectivity index (χ1) is 20.3. The Balaban J connectivity index is 1.11. The van der Waals surface area contributed by atoms with E-state index in [4.69, 9.17) is 0 Å². The van der Waals surface area contributed by atoms with Gasteiger partial charge >= 0.3 is 0 Å². The Labute approximate surface area is 246 Å². The summed E-state index contributed by atoms with van der Waals surface area (Å²) in [5.41, 5.74) is 5.33. The van der Waals surface area contributed by atoms with E-state index in [2.05, 4.69) is 71.9 Å². The van der Waals surface area contributed by atoms with Crippen molar-refractivity contribution in [3.8, 4) is 11.3 Å². The van der Waals surface area contributed by atoms with Crippen LogP contribution < -0.4 is 10.0 Å². The van der Waals surface area contributed by atoms with Gasteiger partial charge in [-0.05, 0) is 68.6 Å². The fraction of sp³-hybridized carbons (Fsp3) is 0.250. The zero-order valence-corrected chi connectivity index (χ0v) is 24.7. The SMILES string of the molecule is Cc1ccc(S(=O)(=O)Nc2ccc(Nc3cc(-c4ccc5c(ccn5CCN5CCN(C)CC5)c4)ncn3)cc2)cc1. The first kappa shape index (κ1) is 27.9. The van der Waals surface area contributed by atoms with E-state index in [1.54, 1.807) is 42.7 Å². The molecule has 0 bridgehead atoms. The number of benzene rings is 3. The van der Waals surface area contributed by atoms with Crippen molar-refractivity contribution in [3.63, 3.8) is 0 Å². The molecule has 216 valence electrons. The van der Waals surface area contributed by atoms with Gasteiger partial charge in [-0.1, -0.05) is 23.8 Å². The molecule has 6 rings (SSSR count). The van der Waals surface area contributed by atoms with E-state index < -0.39 is 10.0 Å². The average Bonchev–Trinajstić information content (AvgIpc) is 3.40. The van der Waals surface area contributed by atoms with E-state index in [9.17, 15) is 8.42 Å². The molecular weight excluding hydrogens is 546 g/mol. The van der Waals surface area contributed by atoms with Crippen molar-refractivity contribution < 1.29 is 8.42 Å². The van der Waals surface area contributed by atoms with Gasteiger partial charge in [0, 0.05) is 79.4 Å². The first-order valence-corrected chi connectivity index (χ1v) is 15.6. The predicted molar refractivity (Wildman–Crippen MR) is 169 cm³/mol. The maximum absolute atomic E-state index is 12.7. The van der Waals surface area contributed by atoms with E-state index in [1.165, 1.54) is 10.9 Å². The third-order valence-electron chi connectivity index (χ3n) is 7.73. The Morgan fingerprint density at radius 2 is 1.55 bits per heavy atom. The number of nitrogens with one attached hydrogen (secondary N) is 2. The minimum atomic E-state index is -3.66. The van der Waals surface area contributed by atoms with Gasteiger partial charge in [0.15, 0.2) is 0 Å². The summed E-state index contributed by atoms with van der Waals surface area (Å²) in [6.45, 7) is 8.46. The summed E-state index contributed by atoms with van der Waals surface area (Å²) in [6, 6.07) is 24.3. The normalized spacial score (nSPS) is 14.7. The Bertz CT molecular complexity index is 1780. The Hall–Kier alpha value is -4.25. The second-order valence-corrected chi connectivity index (χ2v) is 12.5. The van der Waals surface area contributed by atoms with Crippen LogP contribution in [0.4, 0.5) is 17.2 Å². The smallest absolute Gasteiger partial charge is 0.261 e. The molecule has 9 nitrogen and oxygen atoms in total. The monoisotopic (exact) mass is 581 g/mol. The number of hydrogen-bond donors (Lipinski definition) is 2. The van der Waals surface area contributed by atoms with Gasteiger partial charge in [0.2, 0.25) is 0 Å². The molecule has 10 heteroatoms. The van der Waals surface area contributed by atoms with Crippen molar-refractivity contribution in [3.05, 3.63) is 97.0 Å². The Morgan fingerprint density at radius 1 is 0.810 bits per heavy atom. The number of aryl methyl sites for hydroxylation is 1. The summed E-state index contributed by atoms with van der Waals surface area (Å²) in [4.78, 5) is 14.0. The maximum Gasteiger partial charge on any atom is 0.261 e. The highest BCUT2D eigenvalue weighted by Gasteiger charge is 2.15. The highest BCUT2D eigenvalue weighted by Crippen LogP contribution is 2.27. The quantitative estimate of drug-likeness (QED) is 0.247. The molecule has 5 aromatic rings. The summed E-state index contributed by atoms with van der Waals surface area (Å²) in [7, 11) is -1.47. The fourth-order valence-corrected chi connectivity index (χ4v) is 6.22. The van der Waals surface area contributed by atoms with E-state index in [-0.39, 0.29) is 4.90 Å². The van der Waals surface area contributed by atoms with Crippen molar-refractivity contribution >= 4 is 38.1 Å². The molecule has 2 aromatic heterocycles. The predicted octanol–water partition coefficient (Wildman–Crippen LogP) is 5.20. The number of nitrogens with zero attached hydrogens (tertiary/aromatic N) is 5. The van der Waals surface area contributed by atoms with Gasteiger partial charge in [-0.15, -0.1) is 0 Å². The number of fused-ring (bicyclic) bond motifs is 1. The highest BCUT2D eigenvalue weighted by atomic mass is 32.2. The van der Waals surface area contributed by atoms with Crippen molar-refractivity contribution in [2.75, 3.05) is 49.8 Å². The van der Waals surface area contributed by atoms with Gasteiger partial charge < -0.3 is 14.8 Å². The topological polar surface area (TPSA) is 95.4 Å². The van der Waals surface area contributed by atoms with Crippen LogP contribution >= 0.6 is 0 Å². The summed E-state index contributed by atoms with van der Waals surface area (Å²) < 4.78 is 30.4. The van der Waals surface area contributed by atoms with Crippen LogP contribution in [0.15, 0.2) is 96.3 Å². The van der Waals surface area contributed by atoms with Crippen LogP contribution in [0.3, 0.4) is 0 Å². The number of anilines is 3. The first-order valence-electron chi connectivity index (χ1n) is 14.1. The molecule has 0 amide bonds. The van der Waals surface area contributed by atoms with Crippen LogP contribution in [0, 0.1) is 6.92 Å². The van der Waals surface area contributed by atoms with Crippen LogP contribution in [-0.4, -0.2) is 72.5 Å². The van der Waals surface area contributed by atoms with E-state index in [1.807, 2.05) is 25.1 Å². The molecule has 0 spiro atoms. The van der Waals surface area contributed by atoms with Crippen LogP contribution in [0.1, 0.15) is 5.56 Å².